The first kappa shape index (κ1) is 20.1. The predicted molar refractivity (Wildman–Crippen MR) is 101 cm³/mol. The van der Waals surface area contributed by atoms with Gasteiger partial charge in [-0.25, -0.2) is 4.98 Å². The zero-order chi connectivity index (χ0) is 21.3. The summed E-state index contributed by atoms with van der Waals surface area (Å²) < 4.78 is 40.0. The third-order valence-electron chi connectivity index (χ3n) is 4.26. The summed E-state index contributed by atoms with van der Waals surface area (Å²) in [5.41, 5.74) is 5.97. The molecule has 0 radical (unpaired) electrons. The number of nitrogens with one attached hydrogen (secondary N) is 2. The van der Waals surface area contributed by atoms with Crippen LogP contribution < -0.4 is 11.1 Å². The van der Waals surface area contributed by atoms with E-state index in [0.29, 0.717) is 11.3 Å². The average Bonchev–Trinajstić information content (AvgIpc) is 3.08. The third-order valence-corrected chi connectivity index (χ3v) is 4.26. The lowest BCUT2D eigenvalue weighted by atomic mass is 10.0. The van der Waals surface area contributed by atoms with E-state index >= 15 is 0 Å². The number of amides is 2. The molecule has 0 spiro atoms. The number of aromatic amines is 1. The number of carbonyl (C=O) groups is 2. The van der Waals surface area contributed by atoms with Crippen LogP contribution in [0.2, 0.25) is 0 Å². The standard InChI is InChI=1S/C20H17F3N4O2/c1-10-3-4-15(8-16(10)17(24)28)27-19(29)13-5-12(18-25-9-11(2)26-18)6-14(7-13)20(21,22)23/h3-9H,1-2H3,(H2,24,28)(H,25,26)(H,27,29). The Kier molecular flexibility index (Phi) is 5.15. The molecule has 0 saturated heterocycles. The number of halogens is 3. The first-order valence-electron chi connectivity index (χ1n) is 8.50. The van der Waals surface area contributed by atoms with E-state index in [1.165, 1.54) is 24.4 Å². The van der Waals surface area contributed by atoms with Gasteiger partial charge in [0, 0.05) is 34.3 Å². The Morgan fingerprint density at radius 3 is 2.41 bits per heavy atom. The SMILES string of the molecule is Cc1cnc(-c2cc(C(=O)Nc3ccc(C)c(C(N)=O)c3)cc(C(F)(F)F)c2)[nH]1. The highest BCUT2D eigenvalue weighted by Crippen LogP contribution is 2.33. The maximum Gasteiger partial charge on any atom is 0.416 e. The maximum absolute atomic E-state index is 13.3. The van der Waals surface area contributed by atoms with Gasteiger partial charge < -0.3 is 16.0 Å². The number of anilines is 1. The van der Waals surface area contributed by atoms with Crippen LogP contribution in [0.3, 0.4) is 0 Å². The molecule has 0 bridgehead atoms. The fourth-order valence-electron chi connectivity index (χ4n) is 2.79. The highest BCUT2D eigenvalue weighted by molar-refractivity contribution is 6.06. The van der Waals surface area contributed by atoms with E-state index < -0.39 is 23.6 Å². The van der Waals surface area contributed by atoms with Gasteiger partial charge in [-0.2, -0.15) is 13.2 Å². The third kappa shape index (κ3) is 4.45. The minimum Gasteiger partial charge on any atom is -0.366 e. The van der Waals surface area contributed by atoms with Crippen molar-refractivity contribution in [3.63, 3.8) is 0 Å². The van der Waals surface area contributed by atoms with Crippen LogP contribution in [0.25, 0.3) is 11.4 Å². The van der Waals surface area contributed by atoms with Crippen LogP contribution in [0.4, 0.5) is 18.9 Å². The summed E-state index contributed by atoms with van der Waals surface area (Å²) in [4.78, 5) is 31.0. The number of H-pyrrole nitrogens is 1. The van der Waals surface area contributed by atoms with E-state index in [1.54, 1.807) is 19.9 Å². The summed E-state index contributed by atoms with van der Waals surface area (Å²) in [6.45, 7) is 3.39. The molecule has 9 heteroatoms. The summed E-state index contributed by atoms with van der Waals surface area (Å²) >= 11 is 0. The molecule has 0 aliphatic carbocycles. The van der Waals surface area contributed by atoms with Gasteiger partial charge in [-0.05, 0) is 49.7 Å². The maximum atomic E-state index is 13.3. The quantitative estimate of drug-likeness (QED) is 0.613. The molecular formula is C20H17F3N4O2. The molecule has 0 fully saturated rings. The molecule has 3 aromatic rings. The van der Waals surface area contributed by atoms with E-state index in [-0.39, 0.29) is 28.2 Å². The fraction of sp³-hybridized carbons (Fsp3) is 0.150. The predicted octanol–water partition coefficient (Wildman–Crippen LogP) is 4.06. The van der Waals surface area contributed by atoms with E-state index in [4.69, 9.17) is 5.73 Å². The zero-order valence-corrected chi connectivity index (χ0v) is 15.5. The van der Waals surface area contributed by atoms with Crippen LogP contribution >= 0.6 is 0 Å². The Bertz CT molecular complexity index is 1100. The molecule has 2 amide bonds. The van der Waals surface area contributed by atoms with Crippen molar-refractivity contribution in [1.82, 2.24) is 9.97 Å². The molecular weight excluding hydrogens is 385 g/mol. The summed E-state index contributed by atoms with van der Waals surface area (Å²) in [6.07, 6.45) is -3.16. The molecule has 0 aliphatic rings. The Labute approximate surface area is 164 Å². The number of nitrogens with zero attached hydrogens (tertiary/aromatic N) is 1. The lowest BCUT2D eigenvalue weighted by Crippen LogP contribution is -2.16. The first-order chi connectivity index (χ1) is 13.5. The molecule has 6 nitrogen and oxygen atoms in total. The lowest BCUT2D eigenvalue weighted by molar-refractivity contribution is -0.137. The van der Waals surface area contributed by atoms with Crippen LogP contribution in [0.5, 0.6) is 0 Å². The number of primary amides is 1. The number of nitrogens with two attached hydrogens (primary N) is 1. The van der Waals surface area contributed by atoms with Crippen molar-refractivity contribution in [2.75, 3.05) is 5.32 Å². The number of rotatable bonds is 4. The van der Waals surface area contributed by atoms with Gasteiger partial charge in [0.2, 0.25) is 5.91 Å². The summed E-state index contributed by atoms with van der Waals surface area (Å²) in [6, 6.07) is 7.49. The number of imidazole rings is 1. The molecule has 150 valence electrons. The van der Waals surface area contributed by atoms with Crippen LogP contribution in [0.1, 0.15) is 37.5 Å². The number of carbonyl (C=O) groups excluding carboxylic acids is 2. The average molecular weight is 402 g/mol. The van der Waals surface area contributed by atoms with Crippen LogP contribution in [0.15, 0.2) is 42.6 Å². The van der Waals surface area contributed by atoms with Gasteiger partial charge in [0.1, 0.15) is 5.82 Å². The minimum atomic E-state index is -4.64. The van der Waals surface area contributed by atoms with Gasteiger partial charge in [0.15, 0.2) is 0 Å². The Morgan fingerprint density at radius 2 is 1.83 bits per heavy atom. The van der Waals surface area contributed by atoms with Crippen molar-refractivity contribution in [1.29, 1.82) is 0 Å². The molecule has 3 rings (SSSR count). The van der Waals surface area contributed by atoms with Crippen molar-refractivity contribution in [2.45, 2.75) is 20.0 Å². The number of hydrogen-bond acceptors (Lipinski definition) is 3. The zero-order valence-electron chi connectivity index (χ0n) is 15.5. The molecule has 0 aliphatic heterocycles. The minimum absolute atomic E-state index is 0.125. The number of aryl methyl sites for hydroxylation is 2. The monoisotopic (exact) mass is 402 g/mol. The van der Waals surface area contributed by atoms with Crippen molar-refractivity contribution >= 4 is 17.5 Å². The fourth-order valence-corrected chi connectivity index (χ4v) is 2.79. The van der Waals surface area contributed by atoms with Gasteiger partial charge in [0.05, 0.1) is 5.56 Å². The normalized spacial score (nSPS) is 11.3. The second-order valence-electron chi connectivity index (χ2n) is 6.56. The van der Waals surface area contributed by atoms with E-state index in [1.807, 2.05) is 0 Å². The second-order valence-corrected chi connectivity index (χ2v) is 6.56. The Balaban J connectivity index is 2.00. The van der Waals surface area contributed by atoms with Gasteiger partial charge >= 0.3 is 6.18 Å². The van der Waals surface area contributed by atoms with Crippen molar-refractivity contribution in [3.05, 3.63) is 70.5 Å². The van der Waals surface area contributed by atoms with Crippen LogP contribution in [-0.2, 0) is 6.18 Å². The summed E-state index contributed by atoms with van der Waals surface area (Å²) in [5.74, 6) is -1.22. The van der Waals surface area contributed by atoms with Gasteiger partial charge in [-0.3, -0.25) is 9.59 Å². The van der Waals surface area contributed by atoms with Crippen molar-refractivity contribution in [3.8, 4) is 11.4 Å². The van der Waals surface area contributed by atoms with Gasteiger partial charge in [0.25, 0.3) is 5.91 Å². The van der Waals surface area contributed by atoms with E-state index in [0.717, 1.165) is 12.1 Å². The molecule has 4 N–H and O–H groups in total. The number of alkyl halides is 3. The van der Waals surface area contributed by atoms with Crippen molar-refractivity contribution < 1.29 is 22.8 Å². The number of hydrogen-bond donors (Lipinski definition) is 3. The Hall–Kier alpha value is -3.62. The Morgan fingerprint density at radius 1 is 1.10 bits per heavy atom. The smallest absolute Gasteiger partial charge is 0.366 e. The highest BCUT2D eigenvalue weighted by Gasteiger charge is 2.32. The molecule has 0 atom stereocenters. The lowest BCUT2D eigenvalue weighted by Gasteiger charge is -2.12. The number of benzene rings is 2. The first-order valence-corrected chi connectivity index (χ1v) is 8.50. The summed E-state index contributed by atoms with van der Waals surface area (Å²) in [5, 5.41) is 2.50. The van der Waals surface area contributed by atoms with Crippen molar-refractivity contribution in [2.24, 2.45) is 5.73 Å². The molecule has 0 saturated carbocycles. The van der Waals surface area contributed by atoms with Gasteiger partial charge in [-0.1, -0.05) is 6.07 Å². The van der Waals surface area contributed by atoms with Crippen LogP contribution in [-0.4, -0.2) is 21.8 Å². The molecule has 2 aromatic carbocycles. The largest absolute Gasteiger partial charge is 0.416 e. The van der Waals surface area contributed by atoms with E-state index in [2.05, 4.69) is 15.3 Å². The topological polar surface area (TPSA) is 101 Å². The van der Waals surface area contributed by atoms with Gasteiger partial charge in [-0.15, -0.1) is 0 Å². The van der Waals surface area contributed by atoms with Crippen LogP contribution in [0, 0.1) is 13.8 Å². The summed E-state index contributed by atoms with van der Waals surface area (Å²) in [7, 11) is 0. The molecule has 1 heterocycles. The number of aromatic nitrogens is 2. The molecule has 0 unspecified atom stereocenters. The molecule has 29 heavy (non-hydrogen) atoms. The second kappa shape index (κ2) is 7.42. The van der Waals surface area contributed by atoms with E-state index in [9.17, 15) is 22.8 Å². The molecule has 1 aromatic heterocycles. The highest BCUT2D eigenvalue weighted by atomic mass is 19.4.